The molecule has 5 aromatic rings. The zero-order valence-electron chi connectivity index (χ0n) is 29.6. The summed E-state index contributed by atoms with van der Waals surface area (Å²) in [4.78, 5) is 0. The third-order valence-corrected chi connectivity index (χ3v) is 8.51. The van der Waals surface area contributed by atoms with E-state index in [9.17, 15) is 0 Å². The highest BCUT2D eigenvalue weighted by Gasteiger charge is 2.23. The summed E-state index contributed by atoms with van der Waals surface area (Å²) in [5.74, 6) is 2.81. The molecule has 2 heterocycles. The van der Waals surface area contributed by atoms with Crippen molar-refractivity contribution >= 4 is 0 Å². The molecule has 0 saturated carbocycles. The molecule has 0 saturated heterocycles. The molecule has 0 fully saturated rings. The van der Waals surface area contributed by atoms with Crippen molar-refractivity contribution in [1.29, 1.82) is 0 Å². The second-order valence-electron chi connectivity index (χ2n) is 16.6. The van der Waals surface area contributed by atoms with Gasteiger partial charge in [0.1, 0.15) is 11.4 Å². The molecular weight excluding hydrogens is 564 g/mol. The van der Waals surface area contributed by atoms with Crippen molar-refractivity contribution in [2.75, 3.05) is 0 Å². The fraction of sp³-hybridized carbons (Fsp3) is 0.400. The number of aromatic nitrogens is 6. The molecule has 0 N–H and O–H groups in total. The molecule has 0 bridgehead atoms. The lowest BCUT2D eigenvalue weighted by atomic mass is 9.80. The molecule has 5 rings (SSSR count). The average Bonchev–Trinajstić information content (AvgIpc) is 3.66. The minimum Gasteiger partial charge on any atom is -0.220 e. The molecule has 238 valence electrons. The number of terminal acetylenes is 1. The maximum Gasteiger partial charge on any atom is 0.113 e. The fourth-order valence-corrected chi connectivity index (χ4v) is 5.27. The van der Waals surface area contributed by atoms with Gasteiger partial charge in [0.15, 0.2) is 0 Å². The number of hydrogen-bond donors (Lipinski definition) is 0. The lowest BCUT2D eigenvalue weighted by molar-refractivity contribution is 0.566. The molecule has 0 atom stereocenters. The first-order chi connectivity index (χ1) is 21.2. The highest BCUT2D eigenvalue weighted by molar-refractivity contribution is 5.72. The van der Waals surface area contributed by atoms with E-state index in [2.05, 4.69) is 152 Å². The Balaban J connectivity index is 1.55. The van der Waals surface area contributed by atoms with Gasteiger partial charge >= 0.3 is 0 Å². The van der Waals surface area contributed by atoms with Crippen LogP contribution in [0.1, 0.15) is 111 Å². The van der Waals surface area contributed by atoms with Gasteiger partial charge in [0.2, 0.25) is 0 Å². The lowest BCUT2D eigenvalue weighted by Crippen LogP contribution is -2.17. The summed E-state index contributed by atoms with van der Waals surface area (Å²) in [6, 6.07) is 19.4. The highest BCUT2D eigenvalue weighted by Crippen LogP contribution is 2.34. The van der Waals surface area contributed by atoms with E-state index in [1.807, 2.05) is 33.9 Å². The molecule has 0 radical (unpaired) electrons. The Kier molecular flexibility index (Phi) is 8.14. The maximum atomic E-state index is 5.93. The first-order valence-corrected chi connectivity index (χ1v) is 16.0. The Morgan fingerprint density at radius 1 is 0.478 bits per heavy atom. The van der Waals surface area contributed by atoms with E-state index in [4.69, 9.17) is 6.42 Å². The molecule has 0 unspecified atom stereocenters. The Morgan fingerprint density at radius 3 is 1.09 bits per heavy atom. The molecule has 0 spiro atoms. The lowest BCUT2D eigenvalue weighted by Gasteiger charge is -2.26. The van der Waals surface area contributed by atoms with E-state index in [-0.39, 0.29) is 21.7 Å². The van der Waals surface area contributed by atoms with E-state index in [1.54, 1.807) is 0 Å². The summed E-state index contributed by atoms with van der Waals surface area (Å²) in [5.41, 5.74) is 10.9. The Morgan fingerprint density at radius 2 is 0.804 bits per heavy atom. The Hall–Kier alpha value is -4.50. The number of hydrogen-bond acceptors (Lipinski definition) is 4. The van der Waals surface area contributed by atoms with Gasteiger partial charge in [-0.15, -0.1) is 16.6 Å². The summed E-state index contributed by atoms with van der Waals surface area (Å²) in [7, 11) is 0. The average molecular weight is 613 g/mol. The molecule has 6 nitrogen and oxygen atoms in total. The predicted molar refractivity (Wildman–Crippen MR) is 190 cm³/mol. The van der Waals surface area contributed by atoms with Crippen molar-refractivity contribution in [3.05, 3.63) is 94.8 Å². The van der Waals surface area contributed by atoms with Gasteiger partial charge in [0.05, 0.1) is 23.8 Å². The Labute approximate surface area is 275 Å². The molecule has 0 aliphatic carbocycles. The highest BCUT2D eigenvalue weighted by atomic mass is 15.4. The SMILES string of the molecule is C#Cc1cc(-c2cn(-c3cc(C(C)(C)C)cc(C(C)(C)C)c3)nn2)cc(-c2cn(-c3cc(C(C)(C)C)cc(C(C)(C)C)c3)nn2)c1. The van der Waals surface area contributed by atoms with Crippen LogP contribution in [0, 0.1) is 12.3 Å². The number of nitrogens with zero attached hydrogens (tertiary/aromatic N) is 6. The van der Waals surface area contributed by atoms with Gasteiger partial charge in [0.25, 0.3) is 0 Å². The maximum absolute atomic E-state index is 5.93. The fourth-order valence-electron chi connectivity index (χ4n) is 5.27. The van der Waals surface area contributed by atoms with Crippen molar-refractivity contribution < 1.29 is 0 Å². The van der Waals surface area contributed by atoms with Crippen molar-refractivity contribution in [2.24, 2.45) is 0 Å². The van der Waals surface area contributed by atoms with E-state index < -0.39 is 0 Å². The third-order valence-electron chi connectivity index (χ3n) is 8.51. The molecule has 0 aliphatic heterocycles. The van der Waals surface area contributed by atoms with Crippen LogP contribution in [0.25, 0.3) is 33.9 Å². The molecule has 46 heavy (non-hydrogen) atoms. The van der Waals surface area contributed by atoms with Crippen molar-refractivity contribution in [1.82, 2.24) is 30.0 Å². The largest absolute Gasteiger partial charge is 0.220 e. The van der Waals surface area contributed by atoms with Crippen molar-refractivity contribution in [3.63, 3.8) is 0 Å². The molecule has 6 heteroatoms. The Bertz CT molecular complexity index is 1740. The normalized spacial score (nSPS) is 12.8. The van der Waals surface area contributed by atoms with Crippen LogP contribution in [0.2, 0.25) is 0 Å². The van der Waals surface area contributed by atoms with Crippen LogP contribution in [0.3, 0.4) is 0 Å². The first kappa shape index (κ1) is 32.9. The van der Waals surface area contributed by atoms with Gasteiger partial charge in [0, 0.05) is 16.7 Å². The van der Waals surface area contributed by atoms with Gasteiger partial charge in [-0.05, 0) is 86.4 Å². The standard InChI is InChI=1S/C40H48N6/c1-14-26-15-27(35-24-45(43-41-35)33-20-29(37(2,3)4)18-30(21-33)38(5,6)7)17-28(16-26)36-25-46(44-42-36)34-22-31(39(8,9)10)19-32(23-34)40(11,12)13/h1,15-25H,2-13H3. The minimum atomic E-state index is -0.00470. The molecular formula is C40H48N6. The van der Waals surface area contributed by atoms with E-state index in [0.717, 1.165) is 39.5 Å². The zero-order valence-corrected chi connectivity index (χ0v) is 29.6. The van der Waals surface area contributed by atoms with Crippen LogP contribution in [-0.2, 0) is 21.7 Å². The van der Waals surface area contributed by atoms with Crippen LogP contribution in [-0.4, -0.2) is 30.0 Å². The number of rotatable bonds is 4. The number of benzene rings is 3. The topological polar surface area (TPSA) is 61.4 Å². The summed E-state index contributed by atoms with van der Waals surface area (Å²) in [5, 5.41) is 18.3. The third kappa shape index (κ3) is 6.99. The van der Waals surface area contributed by atoms with Crippen LogP contribution in [0.5, 0.6) is 0 Å². The molecule has 0 aliphatic rings. The quantitative estimate of drug-likeness (QED) is 0.190. The van der Waals surface area contributed by atoms with Gasteiger partial charge < -0.3 is 0 Å². The monoisotopic (exact) mass is 612 g/mol. The van der Waals surface area contributed by atoms with Crippen LogP contribution in [0.15, 0.2) is 67.0 Å². The van der Waals surface area contributed by atoms with E-state index in [0.29, 0.717) is 0 Å². The van der Waals surface area contributed by atoms with Gasteiger partial charge in [-0.3, -0.25) is 0 Å². The zero-order chi connectivity index (χ0) is 33.8. The van der Waals surface area contributed by atoms with Gasteiger partial charge in [-0.2, -0.15) is 0 Å². The minimum absolute atomic E-state index is 0.00470. The van der Waals surface area contributed by atoms with E-state index >= 15 is 0 Å². The van der Waals surface area contributed by atoms with Crippen LogP contribution < -0.4 is 0 Å². The van der Waals surface area contributed by atoms with Crippen LogP contribution in [0.4, 0.5) is 0 Å². The van der Waals surface area contributed by atoms with E-state index in [1.165, 1.54) is 22.3 Å². The second-order valence-corrected chi connectivity index (χ2v) is 16.6. The summed E-state index contributed by atoms with van der Waals surface area (Å²) >= 11 is 0. The van der Waals surface area contributed by atoms with Crippen LogP contribution >= 0.6 is 0 Å². The predicted octanol–water partition coefficient (Wildman–Crippen LogP) is 9.35. The summed E-state index contributed by atoms with van der Waals surface area (Å²) in [6.45, 7) is 26.8. The van der Waals surface area contributed by atoms with Gasteiger partial charge in [-0.1, -0.05) is 112 Å². The molecule has 0 amide bonds. The van der Waals surface area contributed by atoms with Gasteiger partial charge in [-0.25, -0.2) is 9.36 Å². The van der Waals surface area contributed by atoms with Crippen molar-refractivity contribution in [2.45, 2.75) is 105 Å². The first-order valence-electron chi connectivity index (χ1n) is 16.0. The summed E-state index contributed by atoms with van der Waals surface area (Å²) < 4.78 is 3.71. The summed E-state index contributed by atoms with van der Waals surface area (Å²) in [6.07, 6.45) is 9.87. The second kappa shape index (κ2) is 11.4. The molecule has 2 aromatic heterocycles. The molecule has 3 aromatic carbocycles. The smallest absolute Gasteiger partial charge is 0.113 e. The van der Waals surface area contributed by atoms with Crippen molar-refractivity contribution in [3.8, 4) is 46.2 Å².